The van der Waals surface area contributed by atoms with Gasteiger partial charge >= 0.3 is 0 Å². The van der Waals surface area contributed by atoms with Crippen molar-refractivity contribution in [3.8, 4) is 0 Å². The topological polar surface area (TPSA) is 6.48 Å². The van der Waals surface area contributed by atoms with Crippen molar-refractivity contribution in [1.29, 1.82) is 0 Å². The van der Waals surface area contributed by atoms with Gasteiger partial charge in [0.05, 0.1) is 10.4 Å². The van der Waals surface area contributed by atoms with Gasteiger partial charge in [-0.3, -0.25) is 0 Å². The van der Waals surface area contributed by atoms with E-state index in [9.17, 15) is 0 Å². The second-order valence-electron chi connectivity index (χ2n) is 14.6. The van der Waals surface area contributed by atoms with E-state index in [1.807, 2.05) is 11.3 Å². The lowest BCUT2D eigenvalue weighted by Crippen LogP contribution is -2.10. The Balaban J connectivity index is 1.12. The Morgan fingerprint density at radius 2 is 0.882 bits per heavy atom. The van der Waals surface area contributed by atoms with Crippen LogP contribution in [0, 0.1) is 0 Å². The summed E-state index contributed by atoms with van der Waals surface area (Å²) in [5, 5.41) is 2.61. The molecule has 0 spiro atoms. The zero-order valence-electron chi connectivity index (χ0n) is 29.4. The van der Waals surface area contributed by atoms with Gasteiger partial charge in [0.2, 0.25) is 0 Å². The molecule has 2 saturated carbocycles. The first-order valence-electron chi connectivity index (χ1n) is 19.2. The number of thiophene rings is 1. The molecule has 1 aromatic heterocycles. The molecule has 0 atom stereocenters. The first kappa shape index (κ1) is 32.1. The summed E-state index contributed by atoms with van der Waals surface area (Å²) < 4.78 is 2.61. The van der Waals surface area contributed by atoms with E-state index in [1.54, 1.807) is 0 Å². The Hall–Kier alpha value is -4.86. The molecule has 6 aromatic carbocycles. The molecule has 0 radical (unpaired) electrons. The lowest BCUT2D eigenvalue weighted by atomic mass is 9.84. The van der Waals surface area contributed by atoms with E-state index in [0.29, 0.717) is 11.8 Å². The Labute approximate surface area is 307 Å². The molecule has 2 nitrogen and oxygen atoms in total. The Morgan fingerprint density at radius 1 is 0.392 bits per heavy atom. The standard InChI is InChI=1S/C48H46N2S/c1-5-14-35(15-6-1)37-24-28-41(29-25-37)49(39-18-9-3-10-19-39)43-32-33-44-45-22-13-23-46(48(45)51-47(44)34-43)50(40-20-11-4-12-21-40)42-30-26-38(27-31-42)36-16-7-2-8-17-36/h3-4,9-13,18-36H,1-2,5-8,14-17H2. The Bertz CT molecular complexity index is 2210. The summed E-state index contributed by atoms with van der Waals surface area (Å²) in [6.45, 7) is 0. The van der Waals surface area contributed by atoms with Gasteiger partial charge in [0.15, 0.2) is 0 Å². The van der Waals surface area contributed by atoms with E-state index in [-0.39, 0.29) is 0 Å². The number of hydrogen-bond donors (Lipinski definition) is 0. The van der Waals surface area contributed by atoms with E-state index < -0.39 is 0 Å². The summed E-state index contributed by atoms with van der Waals surface area (Å²) in [5.74, 6) is 1.40. The number of benzene rings is 6. The Kier molecular flexibility index (Phi) is 9.06. The summed E-state index contributed by atoms with van der Waals surface area (Å²) >= 11 is 1.91. The highest BCUT2D eigenvalue weighted by Gasteiger charge is 2.22. The van der Waals surface area contributed by atoms with E-state index in [2.05, 4.69) is 155 Å². The maximum atomic E-state index is 2.45. The fourth-order valence-electron chi connectivity index (χ4n) is 8.78. The van der Waals surface area contributed by atoms with Crippen molar-refractivity contribution >= 4 is 65.6 Å². The second-order valence-corrected chi connectivity index (χ2v) is 15.7. The summed E-state index contributed by atoms with van der Waals surface area (Å²) in [6, 6.07) is 54.5. The minimum atomic E-state index is 0.698. The van der Waals surface area contributed by atoms with E-state index >= 15 is 0 Å². The maximum absolute atomic E-state index is 2.45. The highest BCUT2D eigenvalue weighted by atomic mass is 32.1. The summed E-state index contributed by atoms with van der Waals surface area (Å²) in [4.78, 5) is 4.87. The van der Waals surface area contributed by atoms with Crippen molar-refractivity contribution in [2.24, 2.45) is 0 Å². The number of rotatable bonds is 8. The van der Waals surface area contributed by atoms with Crippen LogP contribution in [-0.4, -0.2) is 0 Å². The van der Waals surface area contributed by atoms with Crippen molar-refractivity contribution in [2.75, 3.05) is 9.80 Å². The molecule has 51 heavy (non-hydrogen) atoms. The van der Waals surface area contributed by atoms with Gasteiger partial charge in [0.25, 0.3) is 0 Å². The van der Waals surface area contributed by atoms with E-state index in [0.717, 1.165) is 0 Å². The van der Waals surface area contributed by atoms with Crippen LogP contribution in [0.15, 0.2) is 146 Å². The van der Waals surface area contributed by atoms with E-state index in [1.165, 1.54) is 130 Å². The van der Waals surface area contributed by atoms with Crippen molar-refractivity contribution in [3.63, 3.8) is 0 Å². The fourth-order valence-corrected chi connectivity index (χ4v) is 10.0. The zero-order valence-corrected chi connectivity index (χ0v) is 30.2. The van der Waals surface area contributed by atoms with E-state index in [4.69, 9.17) is 0 Å². The first-order chi connectivity index (χ1) is 25.3. The molecule has 0 bridgehead atoms. The number of anilines is 6. The summed E-state index contributed by atoms with van der Waals surface area (Å²) in [5.41, 5.74) is 10.2. The molecule has 2 aliphatic rings. The molecule has 9 rings (SSSR count). The lowest BCUT2D eigenvalue weighted by molar-refractivity contribution is 0.443. The maximum Gasteiger partial charge on any atom is 0.0640 e. The lowest BCUT2D eigenvalue weighted by Gasteiger charge is -2.27. The molecule has 1 heterocycles. The average molecular weight is 683 g/mol. The Morgan fingerprint density at radius 3 is 1.45 bits per heavy atom. The van der Waals surface area contributed by atoms with Crippen molar-refractivity contribution in [1.82, 2.24) is 0 Å². The highest BCUT2D eigenvalue weighted by Crippen LogP contribution is 2.47. The van der Waals surface area contributed by atoms with Gasteiger partial charge in [-0.15, -0.1) is 11.3 Å². The molecular formula is C48H46N2S. The van der Waals surface area contributed by atoms with Crippen LogP contribution < -0.4 is 9.80 Å². The van der Waals surface area contributed by atoms with Crippen LogP contribution >= 0.6 is 11.3 Å². The molecular weight excluding hydrogens is 637 g/mol. The SMILES string of the molecule is c1ccc(N(c2ccc(C3CCCCC3)cc2)c2ccc3c(c2)sc2c(N(c4ccccc4)c4ccc(C5CCCCC5)cc4)cccc23)cc1. The van der Waals surface area contributed by atoms with Gasteiger partial charge in [-0.1, -0.05) is 117 Å². The first-order valence-corrected chi connectivity index (χ1v) is 20.0. The molecule has 7 aromatic rings. The summed E-state index contributed by atoms with van der Waals surface area (Å²) in [7, 11) is 0. The minimum absolute atomic E-state index is 0.698. The predicted molar refractivity (Wildman–Crippen MR) is 220 cm³/mol. The van der Waals surface area contributed by atoms with Gasteiger partial charge in [-0.2, -0.15) is 0 Å². The van der Waals surface area contributed by atoms with Crippen molar-refractivity contribution in [3.05, 3.63) is 157 Å². The van der Waals surface area contributed by atoms with Crippen LogP contribution in [0.25, 0.3) is 20.2 Å². The third-order valence-corrected chi connectivity index (χ3v) is 12.6. The third kappa shape index (κ3) is 6.45. The molecule has 0 amide bonds. The normalized spacial score (nSPS) is 15.7. The molecule has 0 saturated heterocycles. The molecule has 0 aliphatic heterocycles. The van der Waals surface area contributed by atoms with Gasteiger partial charge in [0, 0.05) is 43.9 Å². The van der Waals surface area contributed by atoms with Crippen molar-refractivity contribution < 1.29 is 0 Å². The largest absolute Gasteiger partial charge is 0.310 e. The minimum Gasteiger partial charge on any atom is -0.310 e. The third-order valence-electron chi connectivity index (χ3n) is 11.4. The van der Waals surface area contributed by atoms with Crippen LogP contribution in [0.4, 0.5) is 34.1 Å². The zero-order chi connectivity index (χ0) is 34.0. The monoisotopic (exact) mass is 682 g/mol. The van der Waals surface area contributed by atoms with Gasteiger partial charge in [0.1, 0.15) is 0 Å². The van der Waals surface area contributed by atoms with Crippen LogP contribution in [0.3, 0.4) is 0 Å². The number of nitrogens with zero attached hydrogens (tertiary/aromatic N) is 2. The van der Waals surface area contributed by atoms with Gasteiger partial charge in [-0.05, 0) is 115 Å². The molecule has 0 N–H and O–H groups in total. The predicted octanol–water partition coefficient (Wildman–Crippen LogP) is 15.1. The van der Waals surface area contributed by atoms with Crippen LogP contribution in [0.1, 0.15) is 87.2 Å². The number of fused-ring (bicyclic) bond motifs is 3. The number of hydrogen-bond acceptors (Lipinski definition) is 3. The quantitative estimate of drug-likeness (QED) is 0.157. The van der Waals surface area contributed by atoms with Gasteiger partial charge < -0.3 is 9.80 Å². The van der Waals surface area contributed by atoms with Crippen LogP contribution in [-0.2, 0) is 0 Å². The molecule has 0 unspecified atom stereocenters. The number of para-hydroxylation sites is 2. The average Bonchev–Trinajstić information content (AvgIpc) is 3.59. The highest BCUT2D eigenvalue weighted by molar-refractivity contribution is 7.26. The molecule has 2 aliphatic carbocycles. The van der Waals surface area contributed by atoms with Gasteiger partial charge in [-0.25, -0.2) is 0 Å². The second kappa shape index (κ2) is 14.4. The van der Waals surface area contributed by atoms with Crippen LogP contribution in [0.5, 0.6) is 0 Å². The smallest absolute Gasteiger partial charge is 0.0640 e. The van der Waals surface area contributed by atoms with Crippen molar-refractivity contribution in [2.45, 2.75) is 76.0 Å². The molecule has 2 fully saturated rings. The molecule has 254 valence electrons. The summed E-state index contributed by atoms with van der Waals surface area (Å²) in [6.07, 6.45) is 13.5. The molecule has 3 heteroatoms. The fraction of sp³-hybridized carbons (Fsp3) is 0.250. The van der Waals surface area contributed by atoms with Crippen LogP contribution in [0.2, 0.25) is 0 Å².